The highest BCUT2D eigenvalue weighted by Gasteiger charge is 2.32. The maximum atomic E-state index is 6.24. The lowest BCUT2D eigenvalue weighted by Gasteiger charge is -2.42. The summed E-state index contributed by atoms with van der Waals surface area (Å²) < 4.78 is 6.24. The van der Waals surface area contributed by atoms with Crippen molar-refractivity contribution in [2.45, 2.75) is 44.6 Å². The highest BCUT2D eigenvalue weighted by Crippen LogP contribution is 2.33. The maximum absolute atomic E-state index is 6.24. The van der Waals surface area contributed by atoms with Gasteiger partial charge in [0.05, 0.1) is 5.54 Å². The summed E-state index contributed by atoms with van der Waals surface area (Å²) in [5.41, 5.74) is 2.81. The fraction of sp³-hybridized carbons (Fsp3) is 0.647. The van der Waals surface area contributed by atoms with Crippen molar-refractivity contribution < 1.29 is 4.74 Å². The summed E-state index contributed by atoms with van der Waals surface area (Å²) in [4.78, 5) is 2.46. The number of hydrogen-bond acceptors (Lipinski definition) is 3. The van der Waals surface area contributed by atoms with Crippen LogP contribution in [-0.2, 0) is 6.42 Å². The molecule has 3 rings (SSSR count). The third kappa shape index (κ3) is 2.64. The minimum absolute atomic E-state index is 0.184. The molecule has 3 nitrogen and oxygen atoms in total. The Labute approximate surface area is 122 Å². The van der Waals surface area contributed by atoms with E-state index in [1.54, 1.807) is 0 Å². The monoisotopic (exact) mass is 274 g/mol. The Morgan fingerprint density at radius 2 is 2.20 bits per heavy atom. The average Bonchev–Trinajstić information content (AvgIpc) is 2.48. The first-order valence-electron chi connectivity index (χ1n) is 7.89. The van der Waals surface area contributed by atoms with Gasteiger partial charge in [0, 0.05) is 17.8 Å². The Balaban J connectivity index is 1.72. The zero-order valence-corrected chi connectivity index (χ0v) is 12.7. The first kappa shape index (κ1) is 13.7. The SMILES string of the molecule is CN1CCCCC1(C)COc1cccc2c1CCCN2. The van der Waals surface area contributed by atoms with Gasteiger partial charge >= 0.3 is 0 Å². The van der Waals surface area contributed by atoms with Crippen molar-refractivity contribution in [1.29, 1.82) is 0 Å². The Bertz CT molecular complexity index is 474. The van der Waals surface area contributed by atoms with Crippen LogP contribution in [0.1, 0.15) is 38.2 Å². The van der Waals surface area contributed by atoms with E-state index in [4.69, 9.17) is 4.74 Å². The molecule has 1 fully saturated rings. The molecule has 3 heteroatoms. The van der Waals surface area contributed by atoms with Gasteiger partial charge in [-0.15, -0.1) is 0 Å². The van der Waals surface area contributed by atoms with Crippen molar-refractivity contribution in [1.82, 2.24) is 4.90 Å². The van der Waals surface area contributed by atoms with Gasteiger partial charge in [-0.25, -0.2) is 0 Å². The molecule has 0 aliphatic carbocycles. The Morgan fingerprint density at radius 3 is 3.05 bits per heavy atom. The number of likely N-dealkylation sites (tertiary alicyclic amines) is 1. The average molecular weight is 274 g/mol. The lowest BCUT2D eigenvalue weighted by atomic mass is 9.90. The molecule has 0 spiro atoms. The van der Waals surface area contributed by atoms with Crippen LogP contribution in [-0.4, -0.2) is 37.2 Å². The Morgan fingerprint density at radius 1 is 1.30 bits per heavy atom. The zero-order valence-electron chi connectivity index (χ0n) is 12.7. The molecular weight excluding hydrogens is 248 g/mol. The molecule has 1 N–H and O–H groups in total. The van der Waals surface area contributed by atoms with Gasteiger partial charge in [-0.05, 0) is 58.3 Å². The number of fused-ring (bicyclic) bond motifs is 1. The van der Waals surface area contributed by atoms with Crippen molar-refractivity contribution in [2.75, 3.05) is 32.1 Å². The molecular formula is C17H26N2O. The molecule has 2 heterocycles. The van der Waals surface area contributed by atoms with E-state index in [-0.39, 0.29) is 5.54 Å². The van der Waals surface area contributed by atoms with Crippen LogP contribution in [0, 0.1) is 0 Å². The van der Waals surface area contributed by atoms with Gasteiger partial charge in [-0.1, -0.05) is 12.5 Å². The summed E-state index contributed by atoms with van der Waals surface area (Å²) in [6.07, 6.45) is 6.20. The van der Waals surface area contributed by atoms with Crippen molar-refractivity contribution >= 4 is 5.69 Å². The second kappa shape index (κ2) is 5.65. The zero-order chi connectivity index (χ0) is 14.0. The number of anilines is 1. The highest BCUT2D eigenvalue weighted by molar-refractivity contribution is 5.59. The lowest BCUT2D eigenvalue weighted by molar-refractivity contribution is 0.0417. The van der Waals surface area contributed by atoms with Crippen LogP contribution in [0.5, 0.6) is 5.75 Å². The molecule has 1 aromatic rings. The second-order valence-corrected chi connectivity index (χ2v) is 6.48. The van der Waals surface area contributed by atoms with Gasteiger partial charge in [0.15, 0.2) is 0 Å². The molecule has 0 amide bonds. The van der Waals surface area contributed by atoms with Crippen LogP contribution in [0.15, 0.2) is 18.2 Å². The molecule has 110 valence electrons. The van der Waals surface area contributed by atoms with Crippen molar-refractivity contribution in [3.05, 3.63) is 23.8 Å². The predicted octanol–water partition coefficient (Wildman–Crippen LogP) is 3.30. The normalized spacial score (nSPS) is 26.7. The van der Waals surface area contributed by atoms with Crippen LogP contribution >= 0.6 is 0 Å². The number of piperidine rings is 1. The summed E-state index contributed by atoms with van der Waals surface area (Å²) in [5, 5.41) is 3.47. The molecule has 2 aliphatic rings. The van der Waals surface area contributed by atoms with Gasteiger partial charge in [0.2, 0.25) is 0 Å². The van der Waals surface area contributed by atoms with Crippen LogP contribution in [0.3, 0.4) is 0 Å². The van der Waals surface area contributed by atoms with E-state index in [9.17, 15) is 0 Å². The van der Waals surface area contributed by atoms with E-state index in [0.717, 1.165) is 25.3 Å². The first-order chi connectivity index (χ1) is 9.69. The van der Waals surface area contributed by atoms with Crippen molar-refractivity contribution in [3.63, 3.8) is 0 Å². The van der Waals surface area contributed by atoms with Crippen molar-refractivity contribution in [2.24, 2.45) is 0 Å². The van der Waals surface area contributed by atoms with Crippen LogP contribution in [0.25, 0.3) is 0 Å². The number of rotatable bonds is 3. The molecule has 1 aromatic carbocycles. The molecule has 20 heavy (non-hydrogen) atoms. The summed E-state index contributed by atoms with van der Waals surface area (Å²) in [6.45, 7) is 5.39. The molecule has 1 atom stereocenters. The number of nitrogens with one attached hydrogen (secondary N) is 1. The smallest absolute Gasteiger partial charge is 0.124 e. The summed E-state index contributed by atoms with van der Waals surface area (Å²) in [7, 11) is 2.23. The minimum Gasteiger partial charge on any atom is -0.491 e. The maximum Gasteiger partial charge on any atom is 0.124 e. The van der Waals surface area contributed by atoms with E-state index >= 15 is 0 Å². The fourth-order valence-electron chi connectivity index (χ4n) is 3.34. The molecule has 1 unspecified atom stereocenters. The number of nitrogens with zero attached hydrogens (tertiary/aromatic N) is 1. The largest absolute Gasteiger partial charge is 0.491 e. The second-order valence-electron chi connectivity index (χ2n) is 6.48. The fourth-order valence-corrected chi connectivity index (χ4v) is 3.34. The standard InChI is InChI=1S/C17H26N2O/c1-17(10-3-4-12-19(17)2)13-20-16-9-5-8-15-14(16)7-6-11-18-15/h5,8-9,18H,3-4,6-7,10-13H2,1-2H3. The molecule has 0 bridgehead atoms. The summed E-state index contributed by atoms with van der Waals surface area (Å²) >= 11 is 0. The van der Waals surface area contributed by atoms with E-state index in [1.165, 1.54) is 43.5 Å². The Kier molecular flexibility index (Phi) is 3.88. The predicted molar refractivity (Wildman–Crippen MR) is 83.6 cm³/mol. The molecule has 0 aromatic heterocycles. The topological polar surface area (TPSA) is 24.5 Å². The van der Waals surface area contributed by atoms with Gasteiger partial charge in [0.25, 0.3) is 0 Å². The number of benzene rings is 1. The van der Waals surface area contributed by atoms with Crippen LogP contribution < -0.4 is 10.1 Å². The third-order valence-electron chi connectivity index (χ3n) is 4.97. The van der Waals surface area contributed by atoms with E-state index in [2.05, 4.69) is 42.4 Å². The lowest BCUT2D eigenvalue weighted by Crippen LogP contribution is -2.51. The van der Waals surface area contributed by atoms with Gasteiger partial charge in [0.1, 0.15) is 12.4 Å². The molecule has 0 radical (unpaired) electrons. The molecule has 1 saturated heterocycles. The highest BCUT2D eigenvalue weighted by atomic mass is 16.5. The third-order valence-corrected chi connectivity index (χ3v) is 4.97. The van der Waals surface area contributed by atoms with Crippen molar-refractivity contribution in [3.8, 4) is 5.75 Å². The van der Waals surface area contributed by atoms with Crippen LogP contribution in [0.2, 0.25) is 0 Å². The number of hydrogen-bond donors (Lipinski definition) is 1. The van der Waals surface area contributed by atoms with E-state index < -0.39 is 0 Å². The van der Waals surface area contributed by atoms with Crippen LogP contribution in [0.4, 0.5) is 5.69 Å². The molecule has 2 aliphatic heterocycles. The van der Waals surface area contributed by atoms with Gasteiger partial charge < -0.3 is 10.1 Å². The number of likely N-dealkylation sites (N-methyl/N-ethyl adjacent to an activating group) is 1. The minimum atomic E-state index is 0.184. The Hall–Kier alpha value is -1.22. The first-order valence-corrected chi connectivity index (χ1v) is 7.89. The number of ether oxygens (including phenoxy) is 1. The summed E-state index contributed by atoms with van der Waals surface area (Å²) in [5.74, 6) is 1.08. The summed E-state index contributed by atoms with van der Waals surface area (Å²) in [6, 6.07) is 6.38. The quantitative estimate of drug-likeness (QED) is 0.915. The molecule has 0 saturated carbocycles. The van der Waals surface area contributed by atoms with E-state index in [1.807, 2.05) is 0 Å². The van der Waals surface area contributed by atoms with Gasteiger partial charge in [-0.3, -0.25) is 4.90 Å². The van der Waals surface area contributed by atoms with Gasteiger partial charge in [-0.2, -0.15) is 0 Å². The van der Waals surface area contributed by atoms with E-state index in [0.29, 0.717) is 0 Å².